The summed E-state index contributed by atoms with van der Waals surface area (Å²) in [6.07, 6.45) is 2.02. The van der Waals surface area contributed by atoms with Crippen LogP contribution in [0.4, 0.5) is 0 Å². The fourth-order valence-electron chi connectivity index (χ4n) is 3.29. The second-order valence-electron chi connectivity index (χ2n) is 6.46. The topological polar surface area (TPSA) is 46.3 Å². The van der Waals surface area contributed by atoms with E-state index in [1.807, 2.05) is 41.3 Å². The number of amides is 1. The Balaban J connectivity index is 0.00000225. The number of carbonyl (C=O) groups excluding carboxylic acids is 1. The van der Waals surface area contributed by atoms with E-state index in [-0.39, 0.29) is 24.4 Å². The maximum absolute atomic E-state index is 12.5. The Morgan fingerprint density at radius 3 is 2.56 bits per heavy atom. The van der Waals surface area contributed by atoms with Crippen molar-refractivity contribution in [2.24, 2.45) is 11.7 Å². The van der Waals surface area contributed by atoms with E-state index in [0.717, 1.165) is 46.6 Å². The quantitative estimate of drug-likeness (QED) is 0.765. The first-order chi connectivity index (χ1) is 11.6. The summed E-state index contributed by atoms with van der Waals surface area (Å²) in [6.45, 7) is 3.70. The second-order valence-corrected chi connectivity index (χ2v) is 7.88. The molecule has 0 saturated carbocycles. The predicted molar refractivity (Wildman–Crippen MR) is 110 cm³/mol. The zero-order chi connectivity index (χ0) is 17.1. The Morgan fingerprint density at radius 2 is 1.92 bits per heavy atom. The van der Waals surface area contributed by atoms with Gasteiger partial charge in [-0.2, -0.15) is 0 Å². The molecule has 1 aliphatic rings. The third-order valence-corrected chi connectivity index (χ3v) is 6.16. The van der Waals surface area contributed by atoms with Gasteiger partial charge in [-0.25, -0.2) is 0 Å². The Morgan fingerprint density at radius 1 is 1.28 bits per heavy atom. The number of hydrogen-bond donors (Lipinski definition) is 1. The first-order valence-corrected chi connectivity index (χ1v) is 9.76. The summed E-state index contributed by atoms with van der Waals surface area (Å²) in [4.78, 5) is 15.5. The molecular formula is C19H24Cl2N2OS. The molecule has 2 N–H and O–H groups in total. The van der Waals surface area contributed by atoms with Crippen LogP contribution >= 0.6 is 35.8 Å². The summed E-state index contributed by atoms with van der Waals surface area (Å²) >= 11 is 7.92. The van der Waals surface area contributed by atoms with Gasteiger partial charge in [-0.05, 0) is 43.2 Å². The van der Waals surface area contributed by atoms with Crippen LogP contribution in [-0.4, -0.2) is 35.7 Å². The van der Waals surface area contributed by atoms with Crippen LogP contribution in [-0.2, 0) is 4.79 Å². The van der Waals surface area contributed by atoms with E-state index in [1.54, 1.807) is 11.8 Å². The van der Waals surface area contributed by atoms with Crippen molar-refractivity contribution >= 4 is 52.4 Å². The van der Waals surface area contributed by atoms with E-state index in [2.05, 4.69) is 6.92 Å². The molecule has 1 saturated heterocycles. The molecule has 2 aromatic carbocycles. The van der Waals surface area contributed by atoms with Crippen molar-refractivity contribution in [1.29, 1.82) is 0 Å². The second kappa shape index (κ2) is 9.13. The van der Waals surface area contributed by atoms with Gasteiger partial charge < -0.3 is 10.6 Å². The number of hydrogen-bond acceptors (Lipinski definition) is 3. The molecule has 3 nitrogen and oxygen atoms in total. The smallest absolute Gasteiger partial charge is 0.232 e. The molecule has 25 heavy (non-hydrogen) atoms. The first kappa shape index (κ1) is 20.4. The number of nitrogens with two attached hydrogens (primary N) is 1. The van der Waals surface area contributed by atoms with Crippen LogP contribution in [0.1, 0.15) is 19.8 Å². The zero-order valence-corrected chi connectivity index (χ0v) is 16.7. The Labute approximate surface area is 164 Å². The third-order valence-electron chi connectivity index (χ3n) is 4.80. The number of nitrogens with zero attached hydrogens (tertiary/aromatic N) is 1. The monoisotopic (exact) mass is 398 g/mol. The molecule has 6 heteroatoms. The highest BCUT2D eigenvalue weighted by molar-refractivity contribution is 8.00. The minimum Gasteiger partial charge on any atom is -0.342 e. The molecular weight excluding hydrogens is 375 g/mol. The molecule has 136 valence electrons. The Hall–Kier alpha value is -0.940. The molecule has 0 aliphatic carbocycles. The molecule has 0 spiro atoms. The standard InChI is InChI=1S/C19H23ClN2OS.ClH/c1-13(21)14-8-10-22(11-9-14)18(23)12-24-17-7-3-5-15-4-2-6-16(20)19(15)17;/h2-7,13-14H,8-12,21H2,1H3;1H. The van der Waals surface area contributed by atoms with E-state index < -0.39 is 0 Å². The Bertz CT molecular complexity index is 725. The first-order valence-electron chi connectivity index (χ1n) is 8.39. The van der Waals surface area contributed by atoms with Crippen LogP contribution in [0.5, 0.6) is 0 Å². The van der Waals surface area contributed by atoms with Crippen LogP contribution in [0, 0.1) is 5.92 Å². The van der Waals surface area contributed by atoms with Gasteiger partial charge in [0.25, 0.3) is 0 Å². The lowest BCUT2D eigenvalue weighted by molar-refractivity contribution is -0.129. The highest BCUT2D eigenvalue weighted by atomic mass is 35.5. The number of likely N-dealkylation sites (tertiary alicyclic amines) is 1. The van der Waals surface area contributed by atoms with Crippen molar-refractivity contribution < 1.29 is 4.79 Å². The molecule has 1 atom stereocenters. The van der Waals surface area contributed by atoms with Gasteiger partial charge in [0.1, 0.15) is 0 Å². The third kappa shape index (κ3) is 4.82. The van der Waals surface area contributed by atoms with Crippen LogP contribution in [0.15, 0.2) is 41.3 Å². The lowest BCUT2D eigenvalue weighted by atomic mass is 9.91. The summed E-state index contributed by atoms with van der Waals surface area (Å²) in [5.74, 6) is 1.19. The predicted octanol–water partition coefficient (Wildman–Crippen LogP) is 4.59. The van der Waals surface area contributed by atoms with Crippen molar-refractivity contribution in [3.63, 3.8) is 0 Å². The Kier molecular flexibility index (Phi) is 7.44. The van der Waals surface area contributed by atoms with Gasteiger partial charge in [0.05, 0.1) is 5.75 Å². The summed E-state index contributed by atoms with van der Waals surface area (Å²) in [7, 11) is 0. The number of fused-ring (bicyclic) bond motifs is 1. The molecule has 0 bridgehead atoms. The minimum absolute atomic E-state index is 0. The van der Waals surface area contributed by atoms with Gasteiger partial charge in [-0.15, -0.1) is 24.2 Å². The molecule has 0 aromatic heterocycles. The fourth-order valence-corrected chi connectivity index (χ4v) is 4.64. The number of thioether (sulfide) groups is 1. The number of halogens is 2. The van der Waals surface area contributed by atoms with Crippen molar-refractivity contribution in [2.75, 3.05) is 18.8 Å². The molecule has 1 amide bonds. The van der Waals surface area contributed by atoms with E-state index in [9.17, 15) is 4.79 Å². The molecule has 2 aromatic rings. The van der Waals surface area contributed by atoms with Gasteiger partial charge in [-0.1, -0.05) is 35.9 Å². The molecule has 1 heterocycles. The van der Waals surface area contributed by atoms with Crippen molar-refractivity contribution in [2.45, 2.75) is 30.7 Å². The van der Waals surface area contributed by atoms with Gasteiger partial charge in [0.2, 0.25) is 5.91 Å². The maximum atomic E-state index is 12.5. The lowest BCUT2D eigenvalue weighted by Gasteiger charge is -2.33. The van der Waals surface area contributed by atoms with Gasteiger partial charge in [0.15, 0.2) is 0 Å². The van der Waals surface area contributed by atoms with E-state index in [1.165, 1.54) is 0 Å². The average molecular weight is 399 g/mol. The average Bonchev–Trinajstić information content (AvgIpc) is 2.60. The highest BCUT2D eigenvalue weighted by Gasteiger charge is 2.24. The summed E-state index contributed by atoms with van der Waals surface area (Å²) in [5, 5.41) is 2.88. The molecule has 1 aliphatic heterocycles. The normalized spacial score (nSPS) is 16.5. The zero-order valence-electron chi connectivity index (χ0n) is 14.3. The maximum Gasteiger partial charge on any atom is 0.232 e. The van der Waals surface area contributed by atoms with Crippen LogP contribution in [0.2, 0.25) is 5.02 Å². The summed E-state index contributed by atoms with van der Waals surface area (Å²) in [6, 6.07) is 12.2. The fraction of sp³-hybridized carbons (Fsp3) is 0.421. The number of benzene rings is 2. The number of rotatable bonds is 4. The molecule has 0 radical (unpaired) electrons. The summed E-state index contributed by atoms with van der Waals surface area (Å²) < 4.78 is 0. The number of carbonyl (C=O) groups is 1. The van der Waals surface area contributed by atoms with Gasteiger partial charge in [0, 0.05) is 34.4 Å². The van der Waals surface area contributed by atoms with Crippen molar-refractivity contribution in [3.8, 4) is 0 Å². The van der Waals surface area contributed by atoms with Crippen LogP contribution in [0.3, 0.4) is 0 Å². The van der Waals surface area contributed by atoms with Gasteiger partial charge >= 0.3 is 0 Å². The van der Waals surface area contributed by atoms with Crippen LogP contribution in [0.25, 0.3) is 10.8 Å². The number of piperidine rings is 1. The molecule has 1 fully saturated rings. The van der Waals surface area contributed by atoms with Crippen LogP contribution < -0.4 is 5.73 Å². The highest BCUT2D eigenvalue weighted by Crippen LogP contribution is 2.33. The van der Waals surface area contributed by atoms with Crippen molar-refractivity contribution in [3.05, 3.63) is 41.4 Å². The lowest BCUT2D eigenvalue weighted by Crippen LogP contribution is -2.43. The van der Waals surface area contributed by atoms with E-state index in [4.69, 9.17) is 17.3 Å². The van der Waals surface area contributed by atoms with Gasteiger partial charge in [-0.3, -0.25) is 4.79 Å². The summed E-state index contributed by atoms with van der Waals surface area (Å²) in [5.41, 5.74) is 5.97. The SMILES string of the molecule is CC(N)C1CCN(C(=O)CSc2cccc3cccc(Cl)c23)CC1.Cl. The van der Waals surface area contributed by atoms with E-state index >= 15 is 0 Å². The molecule has 3 rings (SSSR count). The largest absolute Gasteiger partial charge is 0.342 e. The molecule has 1 unspecified atom stereocenters. The minimum atomic E-state index is 0. The van der Waals surface area contributed by atoms with Crippen molar-refractivity contribution in [1.82, 2.24) is 4.90 Å². The van der Waals surface area contributed by atoms with E-state index in [0.29, 0.717) is 11.7 Å².